The van der Waals surface area contributed by atoms with E-state index in [2.05, 4.69) is 5.32 Å². The van der Waals surface area contributed by atoms with Gasteiger partial charge in [-0.2, -0.15) is 0 Å². The van der Waals surface area contributed by atoms with Crippen LogP contribution in [-0.4, -0.2) is 11.8 Å². The van der Waals surface area contributed by atoms with Crippen LogP contribution in [0.5, 0.6) is 0 Å². The smallest absolute Gasteiger partial charge is 0.248 e. The number of carbonyl (C=O) groups is 2. The van der Waals surface area contributed by atoms with Crippen LogP contribution in [0.25, 0.3) is 11.1 Å². The summed E-state index contributed by atoms with van der Waals surface area (Å²) in [5.74, 6) is -0.996. The average Bonchev–Trinajstić information content (AvgIpc) is 2.65. The van der Waals surface area contributed by atoms with Crippen LogP contribution in [0, 0.1) is 0 Å². The van der Waals surface area contributed by atoms with Gasteiger partial charge >= 0.3 is 0 Å². The highest BCUT2D eigenvalue weighted by Gasteiger charge is 2.22. The molecular weight excluding hydrogens is 360 g/mol. The van der Waals surface area contributed by atoms with Crippen LogP contribution in [0.1, 0.15) is 20.7 Å². The van der Waals surface area contributed by atoms with E-state index in [1.165, 1.54) is 11.8 Å². The Labute approximate surface area is 159 Å². The molecule has 1 aliphatic rings. The van der Waals surface area contributed by atoms with E-state index in [1.54, 1.807) is 24.3 Å². The summed E-state index contributed by atoms with van der Waals surface area (Å²) in [7, 11) is 0. The van der Waals surface area contributed by atoms with Crippen molar-refractivity contribution in [3.05, 3.63) is 65.7 Å². The third-order valence-corrected chi connectivity index (χ3v) is 5.45. The largest absolute Gasteiger partial charge is 0.399 e. The number of benzene rings is 3. The predicted molar refractivity (Wildman–Crippen MR) is 107 cm³/mol. The maximum absolute atomic E-state index is 11.8. The Morgan fingerprint density at radius 1 is 0.815 bits per heavy atom. The number of nitrogens with two attached hydrogens (primary N) is 3. The number of hydrogen-bond donors (Lipinski definition) is 4. The van der Waals surface area contributed by atoms with Gasteiger partial charge in [-0.25, -0.2) is 0 Å². The number of amides is 2. The zero-order valence-corrected chi connectivity index (χ0v) is 15.0. The summed E-state index contributed by atoms with van der Waals surface area (Å²) in [6.45, 7) is 0. The SMILES string of the molecule is NC(=O)c1ccc2c(c1)Sc1cc(C(N)=O)cc(-c3ccc(N)cc3)c1N2. The first-order valence-electron chi connectivity index (χ1n) is 8.15. The van der Waals surface area contributed by atoms with Gasteiger partial charge in [0.05, 0.1) is 11.4 Å². The molecule has 0 radical (unpaired) electrons. The van der Waals surface area contributed by atoms with Crippen LogP contribution < -0.4 is 22.5 Å². The predicted octanol–water partition coefficient (Wildman–Crippen LogP) is 3.34. The number of rotatable bonds is 3. The number of anilines is 3. The minimum absolute atomic E-state index is 0.407. The van der Waals surface area contributed by atoms with Crippen molar-refractivity contribution >= 4 is 40.6 Å². The van der Waals surface area contributed by atoms with Crippen molar-refractivity contribution in [1.82, 2.24) is 0 Å². The van der Waals surface area contributed by atoms with E-state index in [-0.39, 0.29) is 0 Å². The lowest BCUT2D eigenvalue weighted by molar-refractivity contribution is 0.0991. The highest BCUT2D eigenvalue weighted by atomic mass is 32.2. The van der Waals surface area contributed by atoms with Gasteiger partial charge in [-0.3, -0.25) is 9.59 Å². The van der Waals surface area contributed by atoms with Gasteiger partial charge in [0, 0.05) is 32.2 Å². The van der Waals surface area contributed by atoms with E-state index in [0.29, 0.717) is 16.8 Å². The third kappa shape index (κ3) is 3.09. The molecular formula is C20H16N4O2S. The summed E-state index contributed by atoms with van der Waals surface area (Å²) in [4.78, 5) is 25.0. The lowest BCUT2D eigenvalue weighted by Crippen LogP contribution is -2.13. The van der Waals surface area contributed by atoms with Crippen molar-refractivity contribution < 1.29 is 9.59 Å². The first-order chi connectivity index (χ1) is 12.9. The highest BCUT2D eigenvalue weighted by molar-refractivity contribution is 7.99. The standard InChI is InChI=1S/C20H16N4O2S/c21-13-4-1-10(2-5-13)14-7-12(20(23)26)9-17-18(14)24-15-6-3-11(19(22)25)8-16(15)27-17/h1-9,24H,21H2,(H2,22,25)(H2,23,26). The van der Waals surface area contributed by atoms with Crippen LogP contribution in [-0.2, 0) is 0 Å². The van der Waals surface area contributed by atoms with Gasteiger partial charge in [-0.1, -0.05) is 23.9 Å². The molecule has 7 N–H and O–H groups in total. The minimum atomic E-state index is -0.508. The second-order valence-electron chi connectivity index (χ2n) is 6.19. The third-order valence-electron chi connectivity index (χ3n) is 4.35. The summed E-state index contributed by atoms with van der Waals surface area (Å²) in [6.07, 6.45) is 0. The minimum Gasteiger partial charge on any atom is -0.399 e. The molecule has 0 saturated heterocycles. The van der Waals surface area contributed by atoms with Crippen molar-refractivity contribution in [2.45, 2.75) is 9.79 Å². The highest BCUT2D eigenvalue weighted by Crippen LogP contribution is 2.48. The molecule has 0 saturated carbocycles. The van der Waals surface area contributed by atoms with Gasteiger partial charge in [0.2, 0.25) is 11.8 Å². The van der Waals surface area contributed by atoms with Gasteiger partial charge in [0.15, 0.2) is 0 Å². The number of primary amides is 2. The monoisotopic (exact) mass is 376 g/mol. The van der Waals surface area contributed by atoms with E-state index in [0.717, 1.165) is 32.3 Å². The molecule has 6 nitrogen and oxygen atoms in total. The number of carbonyl (C=O) groups excluding carboxylic acids is 2. The number of hydrogen-bond acceptors (Lipinski definition) is 5. The topological polar surface area (TPSA) is 124 Å². The Hall–Kier alpha value is -3.45. The van der Waals surface area contributed by atoms with E-state index in [9.17, 15) is 9.59 Å². The van der Waals surface area contributed by atoms with E-state index in [1.807, 2.05) is 30.3 Å². The summed E-state index contributed by atoms with van der Waals surface area (Å²) in [6, 6.07) is 16.2. The molecule has 0 atom stereocenters. The van der Waals surface area contributed by atoms with Gasteiger partial charge in [0.25, 0.3) is 0 Å². The lowest BCUT2D eigenvalue weighted by atomic mass is 9.99. The molecule has 1 heterocycles. The molecule has 0 bridgehead atoms. The van der Waals surface area contributed by atoms with E-state index >= 15 is 0 Å². The van der Waals surface area contributed by atoms with Crippen molar-refractivity contribution in [3.63, 3.8) is 0 Å². The molecule has 134 valence electrons. The Balaban J connectivity index is 1.87. The van der Waals surface area contributed by atoms with Crippen molar-refractivity contribution in [1.29, 1.82) is 0 Å². The molecule has 7 heteroatoms. The Kier molecular flexibility index (Phi) is 4.01. The molecule has 2 amide bonds. The Morgan fingerprint density at radius 2 is 1.48 bits per heavy atom. The first-order valence-corrected chi connectivity index (χ1v) is 8.96. The average molecular weight is 376 g/mol. The molecule has 27 heavy (non-hydrogen) atoms. The van der Waals surface area contributed by atoms with Gasteiger partial charge < -0.3 is 22.5 Å². The van der Waals surface area contributed by atoms with Crippen LogP contribution in [0.4, 0.5) is 17.1 Å². The van der Waals surface area contributed by atoms with Crippen LogP contribution in [0.15, 0.2) is 64.4 Å². The first kappa shape index (κ1) is 17.0. The maximum atomic E-state index is 11.8. The summed E-state index contributed by atoms with van der Waals surface area (Å²) >= 11 is 1.45. The molecule has 0 unspecified atom stereocenters. The number of nitrogens with one attached hydrogen (secondary N) is 1. The fraction of sp³-hybridized carbons (Fsp3) is 0. The second-order valence-corrected chi connectivity index (χ2v) is 7.27. The molecule has 4 rings (SSSR count). The van der Waals surface area contributed by atoms with Crippen molar-refractivity contribution in [3.8, 4) is 11.1 Å². The molecule has 3 aromatic rings. The van der Waals surface area contributed by atoms with Gasteiger partial charge in [-0.15, -0.1) is 0 Å². The van der Waals surface area contributed by atoms with E-state index < -0.39 is 11.8 Å². The zero-order valence-electron chi connectivity index (χ0n) is 14.2. The number of fused-ring (bicyclic) bond motifs is 2. The summed E-state index contributed by atoms with van der Waals surface area (Å²) in [5.41, 5.74) is 21.7. The lowest BCUT2D eigenvalue weighted by Gasteiger charge is -2.24. The second kappa shape index (κ2) is 6.37. The maximum Gasteiger partial charge on any atom is 0.248 e. The van der Waals surface area contributed by atoms with Gasteiger partial charge in [0.1, 0.15) is 0 Å². The van der Waals surface area contributed by atoms with Crippen molar-refractivity contribution in [2.75, 3.05) is 11.1 Å². The summed E-state index contributed by atoms with van der Waals surface area (Å²) in [5, 5.41) is 3.40. The van der Waals surface area contributed by atoms with Gasteiger partial charge in [-0.05, 0) is 48.0 Å². The molecule has 0 aromatic heterocycles. The molecule has 3 aromatic carbocycles. The van der Waals surface area contributed by atoms with Crippen molar-refractivity contribution in [2.24, 2.45) is 11.5 Å². The van der Waals surface area contributed by atoms with E-state index in [4.69, 9.17) is 17.2 Å². The molecule has 0 spiro atoms. The summed E-state index contributed by atoms with van der Waals surface area (Å²) < 4.78 is 0. The number of nitrogen functional groups attached to an aromatic ring is 1. The fourth-order valence-corrected chi connectivity index (χ4v) is 4.07. The Morgan fingerprint density at radius 3 is 2.15 bits per heavy atom. The Bertz CT molecular complexity index is 1090. The molecule has 0 aliphatic carbocycles. The molecule has 0 fully saturated rings. The zero-order chi connectivity index (χ0) is 19.1. The fourth-order valence-electron chi connectivity index (χ4n) is 2.97. The van der Waals surface area contributed by atoms with Crippen LogP contribution in [0.2, 0.25) is 0 Å². The van der Waals surface area contributed by atoms with Crippen LogP contribution >= 0.6 is 11.8 Å². The quantitative estimate of drug-likeness (QED) is 0.408. The van der Waals surface area contributed by atoms with Crippen LogP contribution in [0.3, 0.4) is 0 Å². The molecule has 1 aliphatic heterocycles. The normalized spacial score (nSPS) is 11.9.